The normalized spacial score (nSPS) is 19.2. The van der Waals surface area contributed by atoms with Gasteiger partial charge in [-0.25, -0.2) is 4.39 Å². The van der Waals surface area contributed by atoms with E-state index in [-0.39, 0.29) is 10.7 Å². The van der Waals surface area contributed by atoms with Crippen LogP contribution < -0.4 is 4.90 Å². The number of benzene rings is 2. The number of para-hydroxylation sites is 1. The number of hydrogen-bond acceptors (Lipinski definition) is 4. The number of anilines is 1. The van der Waals surface area contributed by atoms with Gasteiger partial charge in [0, 0.05) is 31.8 Å². The van der Waals surface area contributed by atoms with Crippen molar-refractivity contribution in [3.05, 3.63) is 71.0 Å². The van der Waals surface area contributed by atoms with Gasteiger partial charge in [0.05, 0.1) is 5.69 Å². The summed E-state index contributed by atoms with van der Waals surface area (Å²) in [4.78, 5) is 4.24. The summed E-state index contributed by atoms with van der Waals surface area (Å²) in [6.45, 7) is 6.15. The second kappa shape index (κ2) is 7.05. The van der Waals surface area contributed by atoms with Gasteiger partial charge < -0.3 is 9.80 Å². The number of halogens is 1. The zero-order valence-corrected chi connectivity index (χ0v) is 16.7. The molecule has 0 spiro atoms. The predicted molar refractivity (Wildman–Crippen MR) is 110 cm³/mol. The number of nitrogens with zero attached hydrogens (tertiary/aromatic N) is 3. The summed E-state index contributed by atoms with van der Waals surface area (Å²) in [7, 11) is -3.72. The molecule has 2 aliphatic heterocycles. The number of amidine groups is 1. The van der Waals surface area contributed by atoms with Crippen molar-refractivity contribution >= 4 is 26.5 Å². The Labute approximate surface area is 164 Å². The molecule has 0 atom stereocenters. The Morgan fingerprint density at radius 2 is 1.50 bits per heavy atom. The van der Waals surface area contributed by atoms with Crippen LogP contribution in [0.1, 0.15) is 18.1 Å². The SMILES string of the molecule is CC1=C(c2ccc(C)cc2)S(=O)(=O)N=C1N1CCN(c2ccccc2F)CC1. The Morgan fingerprint density at radius 3 is 2.14 bits per heavy atom. The summed E-state index contributed by atoms with van der Waals surface area (Å²) in [5.74, 6) is 0.262. The third kappa shape index (κ3) is 3.30. The molecule has 2 aliphatic rings. The lowest BCUT2D eigenvalue weighted by Gasteiger charge is -2.37. The first-order valence-electron chi connectivity index (χ1n) is 9.24. The maximum Gasteiger partial charge on any atom is 0.285 e. The topological polar surface area (TPSA) is 53.0 Å². The lowest BCUT2D eigenvalue weighted by molar-refractivity contribution is 0.384. The van der Waals surface area contributed by atoms with Crippen molar-refractivity contribution in [2.24, 2.45) is 4.40 Å². The van der Waals surface area contributed by atoms with E-state index in [4.69, 9.17) is 0 Å². The highest BCUT2D eigenvalue weighted by atomic mass is 32.2. The molecule has 0 radical (unpaired) electrons. The van der Waals surface area contributed by atoms with Crippen molar-refractivity contribution in [1.82, 2.24) is 4.90 Å². The molecule has 7 heteroatoms. The third-order valence-electron chi connectivity index (χ3n) is 5.23. The van der Waals surface area contributed by atoms with Gasteiger partial charge in [-0.3, -0.25) is 0 Å². The minimum atomic E-state index is -3.72. The molecule has 4 rings (SSSR count). The second-order valence-corrected chi connectivity index (χ2v) is 8.68. The van der Waals surface area contributed by atoms with Crippen LogP contribution in [-0.4, -0.2) is 45.3 Å². The Kier molecular flexibility index (Phi) is 4.71. The highest BCUT2D eigenvalue weighted by Gasteiger charge is 2.34. The van der Waals surface area contributed by atoms with Crippen molar-refractivity contribution in [2.45, 2.75) is 13.8 Å². The van der Waals surface area contributed by atoms with Gasteiger partial charge in [-0.05, 0) is 31.5 Å². The molecule has 1 fully saturated rings. The van der Waals surface area contributed by atoms with Crippen LogP contribution in [-0.2, 0) is 10.0 Å². The maximum atomic E-state index is 14.0. The first kappa shape index (κ1) is 18.7. The van der Waals surface area contributed by atoms with Gasteiger partial charge in [0.2, 0.25) is 0 Å². The minimum absolute atomic E-state index is 0.241. The van der Waals surface area contributed by atoms with E-state index < -0.39 is 10.0 Å². The van der Waals surface area contributed by atoms with Gasteiger partial charge in [0.25, 0.3) is 10.0 Å². The predicted octanol–water partition coefficient (Wildman–Crippen LogP) is 3.43. The second-order valence-electron chi connectivity index (χ2n) is 7.14. The Morgan fingerprint density at radius 1 is 0.893 bits per heavy atom. The van der Waals surface area contributed by atoms with Crippen LogP contribution in [0, 0.1) is 12.7 Å². The average Bonchev–Trinajstić information content (AvgIpc) is 2.92. The van der Waals surface area contributed by atoms with Gasteiger partial charge in [-0.15, -0.1) is 4.40 Å². The van der Waals surface area contributed by atoms with Gasteiger partial charge in [-0.1, -0.05) is 42.0 Å². The summed E-state index contributed by atoms with van der Waals surface area (Å²) in [6.07, 6.45) is 0. The van der Waals surface area contributed by atoms with Gasteiger partial charge in [-0.2, -0.15) is 8.42 Å². The fourth-order valence-electron chi connectivity index (χ4n) is 3.76. The lowest BCUT2D eigenvalue weighted by Crippen LogP contribution is -2.49. The van der Waals surface area contributed by atoms with Gasteiger partial charge in [0.15, 0.2) is 0 Å². The number of hydrogen-bond donors (Lipinski definition) is 0. The number of sulfonamides is 1. The van der Waals surface area contributed by atoms with Crippen LogP contribution in [0.15, 0.2) is 58.5 Å². The molecule has 0 unspecified atom stereocenters. The molecule has 0 amide bonds. The average molecular weight is 399 g/mol. The highest BCUT2D eigenvalue weighted by molar-refractivity contribution is 8.00. The van der Waals surface area contributed by atoms with E-state index in [1.165, 1.54) is 6.07 Å². The zero-order valence-electron chi connectivity index (χ0n) is 15.9. The summed E-state index contributed by atoms with van der Waals surface area (Å²) < 4.78 is 43.5. The van der Waals surface area contributed by atoms with Crippen LogP contribution >= 0.6 is 0 Å². The Balaban J connectivity index is 1.57. The summed E-state index contributed by atoms with van der Waals surface area (Å²) in [6, 6.07) is 14.2. The Bertz CT molecular complexity index is 1070. The molecule has 28 heavy (non-hydrogen) atoms. The van der Waals surface area contributed by atoms with E-state index in [2.05, 4.69) is 4.40 Å². The molecule has 2 aromatic carbocycles. The minimum Gasteiger partial charge on any atom is -0.366 e. The van der Waals surface area contributed by atoms with Crippen LogP contribution in [0.5, 0.6) is 0 Å². The molecule has 0 bridgehead atoms. The van der Waals surface area contributed by atoms with Crippen molar-refractivity contribution in [3.63, 3.8) is 0 Å². The van der Waals surface area contributed by atoms with Crippen molar-refractivity contribution in [3.8, 4) is 0 Å². The van der Waals surface area contributed by atoms with Crippen LogP contribution in [0.2, 0.25) is 0 Å². The van der Waals surface area contributed by atoms with Crippen LogP contribution in [0.4, 0.5) is 10.1 Å². The summed E-state index contributed by atoms with van der Waals surface area (Å²) in [5, 5.41) is 0. The molecule has 0 N–H and O–H groups in total. The molecule has 1 saturated heterocycles. The van der Waals surface area contributed by atoms with Crippen LogP contribution in [0.25, 0.3) is 4.91 Å². The van der Waals surface area contributed by atoms with E-state index in [9.17, 15) is 12.8 Å². The first-order valence-corrected chi connectivity index (χ1v) is 10.7. The maximum absolute atomic E-state index is 14.0. The molecule has 146 valence electrons. The molecule has 2 aromatic rings. The fourth-order valence-corrected chi connectivity index (χ4v) is 5.24. The standard InChI is InChI=1S/C21H22FN3O2S/c1-15-7-9-17(10-8-15)20-16(2)21(23-28(20,26)27)25-13-11-24(12-14-25)19-6-4-3-5-18(19)22/h3-10H,11-14H2,1-2H3. The molecular weight excluding hydrogens is 377 g/mol. The van der Waals surface area contributed by atoms with Crippen molar-refractivity contribution in [2.75, 3.05) is 31.1 Å². The van der Waals surface area contributed by atoms with Crippen molar-refractivity contribution in [1.29, 1.82) is 0 Å². The van der Waals surface area contributed by atoms with E-state index in [0.717, 1.165) is 5.56 Å². The molecule has 0 aromatic heterocycles. The number of aryl methyl sites for hydroxylation is 1. The van der Waals surface area contributed by atoms with Crippen molar-refractivity contribution < 1.29 is 12.8 Å². The van der Waals surface area contributed by atoms with E-state index >= 15 is 0 Å². The summed E-state index contributed by atoms with van der Waals surface area (Å²) in [5.41, 5.74) is 2.98. The monoisotopic (exact) mass is 399 g/mol. The number of piperazine rings is 1. The third-order valence-corrected chi connectivity index (χ3v) is 6.70. The quantitative estimate of drug-likeness (QED) is 0.776. The number of rotatable bonds is 2. The molecule has 0 saturated carbocycles. The molecule has 5 nitrogen and oxygen atoms in total. The highest BCUT2D eigenvalue weighted by Crippen LogP contribution is 2.34. The first-order chi connectivity index (χ1) is 13.4. The van der Waals surface area contributed by atoms with E-state index in [0.29, 0.717) is 48.8 Å². The van der Waals surface area contributed by atoms with Gasteiger partial charge in [0.1, 0.15) is 16.6 Å². The lowest BCUT2D eigenvalue weighted by atomic mass is 10.1. The van der Waals surface area contributed by atoms with E-state index in [1.807, 2.05) is 54.0 Å². The Hall–Kier alpha value is -2.67. The molecule has 2 heterocycles. The van der Waals surface area contributed by atoms with Crippen LogP contribution in [0.3, 0.4) is 0 Å². The zero-order chi connectivity index (χ0) is 19.9. The molecule has 0 aliphatic carbocycles. The molecular formula is C21H22FN3O2S. The van der Waals surface area contributed by atoms with E-state index in [1.54, 1.807) is 12.1 Å². The summed E-state index contributed by atoms with van der Waals surface area (Å²) >= 11 is 0. The smallest absolute Gasteiger partial charge is 0.285 e. The largest absolute Gasteiger partial charge is 0.366 e. The fraction of sp³-hybridized carbons (Fsp3) is 0.286. The van der Waals surface area contributed by atoms with Gasteiger partial charge >= 0.3 is 0 Å².